The fraction of sp³-hybridized carbons (Fsp3) is 0.520. The molecule has 2 aromatic rings. The molecule has 1 N–H and O–H groups in total. The molecule has 0 radical (unpaired) electrons. The Morgan fingerprint density at radius 2 is 2.03 bits per heavy atom. The van der Waals surface area contributed by atoms with E-state index in [9.17, 15) is 5.26 Å². The lowest BCUT2D eigenvalue weighted by Crippen LogP contribution is -2.29. The van der Waals surface area contributed by atoms with Crippen LogP contribution in [-0.4, -0.2) is 42.2 Å². The maximum Gasteiger partial charge on any atom is 0.126 e. The average molecular weight is 403 g/mol. The van der Waals surface area contributed by atoms with E-state index in [1.165, 1.54) is 44.2 Å². The van der Waals surface area contributed by atoms with Crippen LogP contribution in [0.2, 0.25) is 0 Å². The molecule has 5 heteroatoms. The lowest BCUT2D eigenvalue weighted by Gasteiger charge is -2.30. The summed E-state index contributed by atoms with van der Waals surface area (Å²) in [4.78, 5) is 7.03. The molecule has 2 atom stereocenters. The summed E-state index contributed by atoms with van der Waals surface area (Å²) in [5.74, 6) is 3.90. The lowest BCUT2D eigenvalue weighted by molar-refractivity contribution is 0.209. The quantitative estimate of drug-likeness (QED) is 0.802. The van der Waals surface area contributed by atoms with E-state index < -0.39 is 0 Å². The second-order valence-corrected chi connectivity index (χ2v) is 9.17. The number of nitrogens with one attached hydrogen (secondary N) is 1. The van der Waals surface area contributed by atoms with Crippen molar-refractivity contribution in [1.82, 2.24) is 9.88 Å². The van der Waals surface area contributed by atoms with Crippen LogP contribution in [0.4, 0.5) is 5.82 Å². The van der Waals surface area contributed by atoms with Gasteiger partial charge in [-0.15, -0.1) is 0 Å². The third kappa shape index (κ3) is 4.15. The zero-order valence-electron chi connectivity index (χ0n) is 17.5. The maximum atomic E-state index is 9.25. The highest BCUT2D eigenvalue weighted by Crippen LogP contribution is 2.42. The number of nitriles is 1. The topological polar surface area (TPSA) is 61.2 Å². The number of anilines is 1. The lowest BCUT2D eigenvalue weighted by atomic mass is 9.84. The van der Waals surface area contributed by atoms with E-state index in [0.717, 1.165) is 42.7 Å². The molecule has 1 saturated heterocycles. The van der Waals surface area contributed by atoms with Crippen LogP contribution in [0.25, 0.3) is 0 Å². The minimum Gasteiger partial charge on any atom is -0.493 e. The average Bonchev–Trinajstić information content (AvgIpc) is 3.23. The van der Waals surface area contributed by atoms with E-state index in [-0.39, 0.29) is 0 Å². The van der Waals surface area contributed by atoms with Gasteiger partial charge in [0.15, 0.2) is 0 Å². The van der Waals surface area contributed by atoms with E-state index >= 15 is 0 Å². The molecule has 3 aliphatic rings. The van der Waals surface area contributed by atoms with E-state index in [1.54, 1.807) is 0 Å². The number of nitrogens with zero attached hydrogens (tertiary/aromatic N) is 3. The molecule has 2 aliphatic heterocycles. The molecule has 0 bridgehead atoms. The SMILES string of the molecule is N#Cc1ccc2c(c1)[C@@H]1CN(CCC3CCC(Nc4ccccn4)CC3)C[C@H]1CO2. The summed E-state index contributed by atoms with van der Waals surface area (Å²) in [6.45, 7) is 4.22. The number of aromatic nitrogens is 1. The molecule has 156 valence electrons. The van der Waals surface area contributed by atoms with Gasteiger partial charge in [0.2, 0.25) is 0 Å². The summed E-state index contributed by atoms with van der Waals surface area (Å²) in [6, 6.07) is 14.8. The van der Waals surface area contributed by atoms with Crippen LogP contribution in [0.3, 0.4) is 0 Å². The summed E-state index contributed by atoms with van der Waals surface area (Å²) < 4.78 is 5.99. The van der Waals surface area contributed by atoms with Crippen molar-refractivity contribution in [3.05, 3.63) is 53.7 Å². The van der Waals surface area contributed by atoms with Gasteiger partial charge in [-0.2, -0.15) is 5.26 Å². The van der Waals surface area contributed by atoms with Gasteiger partial charge in [0.05, 0.1) is 18.2 Å². The molecular formula is C25H30N4O. The van der Waals surface area contributed by atoms with E-state index in [2.05, 4.69) is 27.3 Å². The molecule has 1 saturated carbocycles. The predicted octanol–water partition coefficient (Wildman–Crippen LogP) is 4.42. The number of likely N-dealkylation sites (tertiary alicyclic amines) is 1. The summed E-state index contributed by atoms with van der Waals surface area (Å²) in [5, 5.41) is 12.8. The second-order valence-electron chi connectivity index (χ2n) is 9.17. The zero-order chi connectivity index (χ0) is 20.3. The number of hydrogen-bond donors (Lipinski definition) is 1. The highest BCUT2D eigenvalue weighted by molar-refractivity contribution is 5.46. The molecule has 0 spiro atoms. The van der Waals surface area contributed by atoms with Crippen LogP contribution in [0.15, 0.2) is 42.6 Å². The van der Waals surface area contributed by atoms with Crippen LogP contribution in [0.5, 0.6) is 5.75 Å². The van der Waals surface area contributed by atoms with Gasteiger partial charge in [-0.05, 0) is 74.9 Å². The first kappa shape index (κ1) is 19.4. The van der Waals surface area contributed by atoms with Crippen molar-refractivity contribution in [1.29, 1.82) is 5.26 Å². The molecule has 0 amide bonds. The molecule has 5 rings (SSSR count). The van der Waals surface area contributed by atoms with Crippen molar-refractivity contribution < 1.29 is 4.74 Å². The van der Waals surface area contributed by atoms with E-state index in [1.807, 2.05) is 36.5 Å². The first-order chi connectivity index (χ1) is 14.8. The van der Waals surface area contributed by atoms with Gasteiger partial charge in [-0.1, -0.05) is 6.07 Å². The van der Waals surface area contributed by atoms with Gasteiger partial charge in [-0.3, -0.25) is 0 Å². The Kier molecular flexibility index (Phi) is 5.59. The largest absolute Gasteiger partial charge is 0.493 e. The smallest absolute Gasteiger partial charge is 0.126 e. The molecule has 5 nitrogen and oxygen atoms in total. The second kappa shape index (κ2) is 8.65. The molecule has 3 heterocycles. The Morgan fingerprint density at radius 1 is 1.13 bits per heavy atom. The zero-order valence-corrected chi connectivity index (χ0v) is 17.5. The highest BCUT2D eigenvalue weighted by Gasteiger charge is 2.38. The van der Waals surface area contributed by atoms with Crippen molar-refractivity contribution in [2.75, 3.05) is 31.6 Å². The number of pyridine rings is 1. The van der Waals surface area contributed by atoms with Crippen LogP contribution in [0, 0.1) is 23.2 Å². The number of fused-ring (bicyclic) bond motifs is 3. The van der Waals surface area contributed by atoms with Crippen molar-refractivity contribution in [3.8, 4) is 11.8 Å². The molecule has 1 aromatic carbocycles. The van der Waals surface area contributed by atoms with Crippen LogP contribution in [-0.2, 0) is 0 Å². The molecule has 1 aromatic heterocycles. The normalized spacial score (nSPS) is 28.1. The van der Waals surface area contributed by atoms with Crippen molar-refractivity contribution in [2.45, 2.75) is 44.1 Å². The summed E-state index contributed by atoms with van der Waals surface area (Å²) in [7, 11) is 0. The first-order valence-corrected chi connectivity index (χ1v) is 11.4. The van der Waals surface area contributed by atoms with E-state index in [4.69, 9.17) is 4.74 Å². The highest BCUT2D eigenvalue weighted by atomic mass is 16.5. The van der Waals surface area contributed by atoms with Gasteiger partial charge in [0.1, 0.15) is 11.6 Å². The number of ether oxygens (including phenoxy) is 1. The van der Waals surface area contributed by atoms with Crippen molar-refractivity contribution in [2.24, 2.45) is 11.8 Å². The predicted molar refractivity (Wildman–Crippen MR) is 118 cm³/mol. The number of benzene rings is 1. The summed E-state index contributed by atoms with van der Waals surface area (Å²) in [5.41, 5.74) is 1.99. The van der Waals surface area contributed by atoms with Gasteiger partial charge in [-0.25, -0.2) is 4.98 Å². The summed E-state index contributed by atoms with van der Waals surface area (Å²) >= 11 is 0. The van der Waals surface area contributed by atoms with Crippen LogP contribution in [0.1, 0.15) is 49.1 Å². The Balaban J connectivity index is 1.10. The maximum absolute atomic E-state index is 9.25. The number of hydrogen-bond acceptors (Lipinski definition) is 5. The van der Waals surface area contributed by atoms with Gasteiger partial charge >= 0.3 is 0 Å². The minimum atomic E-state index is 0.514. The van der Waals surface area contributed by atoms with Gasteiger partial charge < -0.3 is 15.0 Å². The van der Waals surface area contributed by atoms with Gasteiger partial charge in [0, 0.05) is 42.7 Å². The van der Waals surface area contributed by atoms with Crippen LogP contribution >= 0.6 is 0 Å². The van der Waals surface area contributed by atoms with Crippen LogP contribution < -0.4 is 10.1 Å². The third-order valence-corrected chi connectivity index (χ3v) is 7.23. The Morgan fingerprint density at radius 3 is 2.83 bits per heavy atom. The monoisotopic (exact) mass is 402 g/mol. The molecular weight excluding hydrogens is 372 g/mol. The Labute approximate surface area is 179 Å². The van der Waals surface area contributed by atoms with Crippen molar-refractivity contribution >= 4 is 5.82 Å². The van der Waals surface area contributed by atoms with E-state index in [0.29, 0.717) is 17.9 Å². The standard InChI is InChI=1S/C25H30N4O/c26-14-19-6-9-24-22(13-19)23-16-29(15-20(23)17-30-24)12-10-18-4-7-21(8-5-18)28-25-3-1-2-11-27-25/h1-3,6,9,11,13,18,20-21,23H,4-5,7-8,10,12,15-17H2,(H,27,28)/t18?,20-,21?,23+/m0/s1. The molecule has 30 heavy (non-hydrogen) atoms. The van der Waals surface area contributed by atoms with Gasteiger partial charge in [0.25, 0.3) is 0 Å². The molecule has 0 unspecified atom stereocenters. The Hall–Kier alpha value is -2.58. The first-order valence-electron chi connectivity index (χ1n) is 11.4. The summed E-state index contributed by atoms with van der Waals surface area (Å²) in [6.07, 6.45) is 8.24. The van der Waals surface area contributed by atoms with Crippen molar-refractivity contribution in [3.63, 3.8) is 0 Å². The number of rotatable bonds is 5. The third-order valence-electron chi connectivity index (χ3n) is 7.23. The fourth-order valence-electron chi connectivity index (χ4n) is 5.52. The minimum absolute atomic E-state index is 0.514. The fourth-order valence-corrected chi connectivity index (χ4v) is 5.52. The Bertz CT molecular complexity index is 901. The molecule has 2 fully saturated rings. The molecule has 1 aliphatic carbocycles.